The van der Waals surface area contributed by atoms with E-state index in [9.17, 15) is 0 Å². The van der Waals surface area contributed by atoms with Crippen molar-refractivity contribution < 1.29 is 5.11 Å². The molecule has 0 fully saturated rings. The topological polar surface area (TPSA) is 20.2 Å². The summed E-state index contributed by atoms with van der Waals surface area (Å²) in [4.78, 5) is 0. The quantitative estimate of drug-likeness (QED) is 0.707. The molecule has 1 rings (SSSR count). The third kappa shape index (κ3) is 3.00. The Balaban J connectivity index is 2.78. The summed E-state index contributed by atoms with van der Waals surface area (Å²) in [6.45, 7) is 6.16. The molecule has 1 heteroatoms. The van der Waals surface area contributed by atoms with Gasteiger partial charge in [-0.1, -0.05) is 37.3 Å². The maximum absolute atomic E-state index is 8.92. The van der Waals surface area contributed by atoms with Crippen molar-refractivity contribution in [2.24, 2.45) is 5.92 Å². The summed E-state index contributed by atoms with van der Waals surface area (Å²) in [7, 11) is 0. The molecule has 0 heterocycles. The molecule has 14 heavy (non-hydrogen) atoms. The van der Waals surface area contributed by atoms with Crippen molar-refractivity contribution in [3.63, 3.8) is 0 Å². The minimum atomic E-state index is 0.222. The van der Waals surface area contributed by atoms with Gasteiger partial charge >= 0.3 is 0 Å². The molecule has 1 unspecified atom stereocenters. The van der Waals surface area contributed by atoms with Gasteiger partial charge in [-0.3, -0.25) is 0 Å². The van der Waals surface area contributed by atoms with Crippen molar-refractivity contribution in [1.82, 2.24) is 0 Å². The van der Waals surface area contributed by atoms with Crippen molar-refractivity contribution in [3.05, 3.63) is 48.0 Å². The minimum Gasteiger partial charge on any atom is -0.396 e. The van der Waals surface area contributed by atoms with Crippen molar-refractivity contribution in [3.8, 4) is 0 Å². The third-order valence-corrected chi connectivity index (χ3v) is 2.44. The maximum atomic E-state index is 8.92. The predicted molar refractivity (Wildman–Crippen MR) is 60.3 cm³/mol. The lowest BCUT2D eigenvalue weighted by Gasteiger charge is -2.10. The standard InChI is InChI=1S/C13H18O/c1-3-11(2)10-13-7-5-4-6-12(13)8-9-14/h3-7,11,14H,1,8-10H2,2H3. The fourth-order valence-corrected chi connectivity index (χ4v) is 1.55. The highest BCUT2D eigenvalue weighted by atomic mass is 16.2. The highest BCUT2D eigenvalue weighted by Crippen LogP contribution is 2.14. The van der Waals surface area contributed by atoms with Gasteiger partial charge in [-0.05, 0) is 29.9 Å². The number of aliphatic hydroxyl groups excluding tert-OH is 1. The molecule has 76 valence electrons. The van der Waals surface area contributed by atoms with Crippen LogP contribution in [-0.2, 0) is 12.8 Å². The van der Waals surface area contributed by atoms with Crippen molar-refractivity contribution in [2.45, 2.75) is 19.8 Å². The van der Waals surface area contributed by atoms with Gasteiger partial charge in [-0.15, -0.1) is 6.58 Å². The van der Waals surface area contributed by atoms with Crippen LogP contribution in [0.3, 0.4) is 0 Å². The number of aliphatic hydroxyl groups is 1. The maximum Gasteiger partial charge on any atom is 0.0471 e. The molecular formula is C13H18O. The molecule has 0 spiro atoms. The number of benzene rings is 1. The van der Waals surface area contributed by atoms with E-state index in [2.05, 4.69) is 25.6 Å². The van der Waals surface area contributed by atoms with Crippen molar-refractivity contribution >= 4 is 0 Å². The number of hydrogen-bond acceptors (Lipinski definition) is 1. The second kappa shape index (κ2) is 5.61. The van der Waals surface area contributed by atoms with E-state index in [0.717, 1.165) is 12.8 Å². The number of rotatable bonds is 5. The van der Waals surface area contributed by atoms with Gasteiger partial charge in [0.25, 0.3) is 0 Å². The second-order valence-electron chi connectivity index (χ2n) is 3.66. The normalized spacial score (nSPS) is 12.4. The molecule has 0 saturated heterocycles. The van der Waals surface area contributed by atoms with Gasteiger partial charge in [0.15, 0.2) is 0 Å². The Morgan fingerprint density at radius 3 is 2.57 bits per heavy atom. The molecule has 1 aromatic rings. The van der Waals surface area contributed by atoms with Crippen LogP contribution in [0.2, 0.25) is 0 Å². The Labute approximate surface area is 86.1 Å². The molecule has 0 bridgehead atoms. The molecule has 1 atom stereocenters. The molecule has 0 aliphatic rings. The van der Waals surface area contributed by atoms with Crippen LogP contribution in [-0.4, -0.2) is 11.7 Å². The first kappa shape index (κ1) is 11.0. The van der Waals surface area contributed by atoms with Gasteiger partial charge in [0.2, 0.25) is 0 Å². The van der Waals surface area contributed by atoms with Gasteiger partial charge in [0.05, 0.1) is 0 Å². The van der Waals surface area contributed by atoms with Gasteiger partial charge < -0.3 is 5.11 Å². The molecule has 1 aromatic carbocycles. The van der Waals surface area contributed by atoms with Crippen LogP contribution in [0.4, 0.5) is 0 Å². The van der Waals surface area contributed by atoms with Crippen LogP contribution < -0.4 is 0 Å². The summed E-state index contributed by atoms with van der Waals surface area (Å²) in [6.07, 6.45) is 3.73. The molecule has 0 saturated carbocycles. The summed E-state index contributed by atoms with van der Waals surface area (Å²) >= 11 is 0. The summed E-state index contributed by atoms with van der Waals surface area (Å²) in [5.41, 5.74) is 2.58. The summed E-state index contributed by atoms with van der Waals surface area (Å²) < 4.78 is 0. The SMILES string of the molecule is C=CC(C)Cc1ccccc1CCO. The minimum absolute atomic E-state index is 0.222. The van der Waals surface area contributed by atoms with E-state index >= 15 is 0 Å². The monoisotopic (exact) mass is 190 g/mol. The van der Waals surface area contributed by atoms with Crippen LogP contribution in [0.1, 0.15) is 18.1 Å². The van der Waals surface area contributed by atoms with Crippen LogP contribution in [0, 0.1) is 5.92 Å². The Morgan fingerprint density at radius 2 is 2.00 bits per heavy atom. The van der Waals surface area contributed by atoms with Crippen LogP contribution >= 0.6 is 0 Å². The van der Waals surface area contributed by atoms with Gasteiger partial charge in [-0.25, -0.2) is 0 Å². The van der Waals surface area contributed by atoms with Crippen molar-refractivity contribution in [2.75, 3.05) is 6.61 Å². The lowest BCUT2D eigenvalue weighted by Crippen LogP contribution is -2.01. The van der Waals surface area contributed by atoms with E-state index in [1.165, 1.54) is 11.1 Å². The summed E-state index contributed by atoms with van der Waals surface area (Å²) in [6, 6.07) is 8.28. The summed E-state index contributed by atoms with van der Waals surface area (Å²) in [5.74, 6) is 0.495. The highest BCUT2D eigenvalue weighted by molar-refractivity contribution is 5.28. The van der Waals surface area contributed by atoms with Crippen LogP contribution in [0.15, 0.2) is 36.9 Å². The van der Waals surface area contributed by atoms with Gasteiger partial charge in [0.1, 0.15) is 0 Å². The molecule has 0 amide bonds. The Morgan fingerprint density at radius 1 is 1.36 bits per heavy atom. The molecule has 1 N–H and O–H groups in total. The van der Waals surface area contributed by atoms with Gasteiger partial charge in [-0.2, -0.15) is 0 Å². The number of allylic oxidation sites excluding steroid dienone is 1. The van der Waals surface area contributed by atoms with E-state index < -0.39 is 0 Å². The first-order valence-electron chi connectivity index (χ1n) is 5.08. The largest absolute Gasteiger partial charge is 0.396 e. The molecule has 1 nitrogen and oxygen atoms in total. The van der Waals surface area contributed by atoms with E-state index in [1.807, 2.05) is 18.2 Å². The smallest absolute Gasteiger partial charge is 0.0471 e. The Bertz CT molecular complexity index is 291. The predicted octanol–water partition coefficient (Wildman–Crippen LogP) is 2.59. The second-order valence-corrected chi connectivity index (χ2v) is 3.66. The Kier molecular flexibility index (Phi) is 4.41. The average Bonchev–Trinajstić information content (AvgIpc) is 2.21. The van der Waals surface area contributed by atoms with Crippen LogP contribution in [0.5, 0.6) is 0 Å². The lowest BCUT2D eigenvalue weighted by molar-refractivity contribution is 0.299. The zero-order chi connectivity index (χ0) is 10.4. The van der Waals surface area contributed by atoms with Crippen LogP contribution in [0.25, 0.3) is 0 Å². The first-order chi connectivity index (χ1) is 6.77. The highest BCUT2D eigenvalue weighted by Gasteiger charge is 2.03. The van der Waals surface area contributed by atoms with Crippen molar-refractivity contribution in [1.29, 1.82) is 0 Å². The molecule has 0 radical (unpaired) electrons. The van der Waals surface area contributed by atoms with E-state index in [1.54, 1.807) is 0 Å². The van der Waals surface area contributed by atoms with E-state index in [4.69, 9.17) is 5.11 Å². The average molecular weight is 190 g/mol. The molecule has 0 aliphatic heterocycles. The van der Waals surface area contributed by atoms with E-state index in [0.29, 0.717) is 5.92 Å². The molecular weight excluding hydrogens is 172 g/mol. The van der Waals surface area contributed by atoms with E-state index in [-0.39, 0.29) is 6.61 Å². The first-order valence-corrected chi connectivity index (χ1v) is 5.08. The number of hydrogen-bond donors (Lipinski definition) is 1. The zero-order valence-electron chi connectivity index (χ0n) is 8.74. The molecule has 0 aromatic heterocycles. The fourth-order valence-electron chi connectivity index (χ4n) is 1.55. The fraction of sp³-hybridized carbons (Fsp3) is 0.385. The van der Waals surface area contributed by atoms with Gasteiger partial charge in [0, 0.05) is 6.61 Å². The molecule has 0 aliphatic carbocycles. The lowest BCUT2D eigenvalue weighted by atomic mass is 9.95. The zero-order valence-corrected chi connectivity index (χ0v) is 8.74. The summed E-state index contributed by atoms with van der Waals surface area (Å²) in [5, 5.41) is 8.92. The third-order valence-electron chi connectivity index (χ3n) is 2.44. The Hall–Kier alpha value is -1.08.